The fourth-order valence-corrected chi connectivity index (χ4v) is 3.43. The lowest BCUT2D eigenvalue weighted by atomic mass is 10.2. The summed E-state index contributed by atoms with van der Waals surface area (Å²) < 4.78 is 5.23. The van der Waals surface area contributed by atoms with Gasteiger partial charge in [-0.2, -0.15) is 0 Å². The maximum absolute atomic E-state index is 12.2. The van der Waals surface area contributed by atoms with E-state index in [1.54, 1.807) is 25.4 Å². The Bertz CT molecular complexity index is 935. The van der Waals surface area contributed by atoms with Gasteiger partial charge in [-0.25, -0.2) is 4.98 Å². The number of piperazine rings is 1. The molecule has 0 aliphatic carbocycles. The molecular weight excluding hydrogens is 364 g/mol. The second-order valence-corrected chi connectivity index (χ2v) is 6.90. The Kier molecular flexibility index (Phi) is 5.61. The Balaban J connectivity index is 1.33. The average Bonchev–Trinajstić information content (AvgIpc) is 2.80. The van der Waals surface area contributed by atoms with Crippen LogP contribution in [0.25, 0.3) is 0 Å². The summed E-state index contributed by atoms with van der Waals surface area (Å²) in [5, 5.41) is 2.89. The number of carbonyl (C=O) groups is 1. The van der Waals surface area contributed by atoms with Crippen molar-refractivity contribution in [1.29, 1.82) is 0 Å². The molecule has 0 atom stereocenters. The minimum absolute atomic E-state index is 0.131. The van der Waals surface area contributed by atoms with E-state index in [1.807, 2.05) is 42.5 Å². The van der Waals surface area contributed by atoms with Gasteiger partial charge in [0.1, 0.15) is 11.6 Å². The summed E-state index contributed by atoms with van der Waals surface area (Å²) in [7, 11) is 1.68. The second-order valence-electron chi connectivity index (χ2n) is 6.90. The van der Waals surface area contributed by atoms with Gasteiger partial charge >= 0.3 is 0 Å². The lowest BCUT2D eigenvalue weighted by Gasteiger charge is -2.36. The molecule has 3 aromatic rings. The third kappa shape index (κ3) is 4.48. The van der Waals surface area contributed by atoms with Crippen molar-refractivity contribution in [3.63, 3.8) is 0 Å². The number of pyridine rings is 1. The zero-order valence-corrected chi connectivity index (χ0v) is 16.4. The van der Waals surface area contributed by atoms with E-state index in [0.717, 1.165) is 37.7 Å². The van der Waals surface area contributed by atoms with Gasteiger partial charge in [0.15, 0.2) is 0 Å². The van der Waals surface area contributed by atoms with Crippen molar-refractivity contribution in [3.05, 3.63) is 78.5 Å². The maximum atomic E-state index is 12.2. The van der Waals surface area contributed by atoms with Gasteiger partial charge in [0, 0.05) is 37.4 Å². The molecular formula is C23H24N4O2. The van der Waals surface area contributed by atoms with Crippen LogP contribution in [0.2, 0.25) is 0 Å². The third-order valence-corrected chi connectivity index (χ3v) is 5.08. The summed E-state index contributed by atoms with van der Waals surface area (Å²) in [5.74, 6) is 1.67. The summed E-state index contributed by atoms with van der Waals surface area (Å²) in [5.41, 5.74) is 2.53. The molecule has 1 amide bonds. The van der Waals surface area contributed by atoms with Crippen LogP contribution in [0.15, 0.2) is 72.9 Å². The van der Waals surface area contributed by atoms with Crippen LogP contribution in [-0.2, 0) is 0 Å². The van der Waals surface area contributed by atoms with Gasteiger partial charge in [0.25, 0.3) is 5.91 Å². The van der Waals surface area contributed by atoms with Crippen molar-refractivity contribution in [2.45, 2.75) is 0 Å². The molecule has 2 aromatic carbocycles. The lowest BCUT2D eigenvalue weighted by molar-refractivity contribution is 0.102. The number of carbonyl (C=O) groups excluding carboxylic acids is 1. The fourth-order valence-electron chi connectivity index (χ4n) is 3.43. The van der Waals surface area contributed by atoms with Crippen molar-refractivity contribution in [1.82, 2.24) is 4.98 Å². The molecule has 1 saturated heterocycles. The zero-order chi connectivity index (χ0) is 20.1. The first kappa shape index (κ1) is 18.8. The molecule has 1 N–H and O–H groups in total. The Morgan fingerprint density at radius 3 is 2.21 bits per heavy atom. The van der Waals surface area contributed by atoms with Crippen molar-refractivity contribution < 1.29 is 9.53 Å². The van der Waals surface area contributed by atoms with Crippen LogP contribution in [0.1, 0.15) is 10.4 Å². The van der Waals surface area contributed by atoms with E-state index in [-0.39, 0.29) is 5.91 Å². The molecule has 1 aliphatic heterocycles. The fraction of sp³-hybridized carbons (Fsp3) is 0.217. The molecule has 148 valence electrons. The minimum atomic E-state index is -0.131. The first-order chi connectivity index (χ1) is 14.2. The molecule has 6 heteroatoms. The monoisotopic (exact) mass is 388 g/mol. The molecule has 0 bridgehead atoms. The molecule has 0 radical (unpaired) electrons. The van der Waals surface area contributed by atoms with Gasteiger partial charge in [0.2, 0.25) is 0 Å². The number of methoxy groups -OCH3 is 1. The summed E-state index contributed by atoms with van der Waals surface area (Å²) >= 11 is 0. The Morgan fingerprint density at radius 1 is 0.897 bits per heavy atom. The summed E-state index contributed by atoms with van der Waals surface area (Å²) in [6.07, 6.45) is 1.71. The van der Waals surface area contributed by atoms with E-state index in [2.05, 4.69) is 32.2 Å². The maximum Gasteiger partial charge on any atom is 0.255 e. The van der Waals surface area contributed by atoms with Crippen LogP contribution in [-0.4, -0.2) is 44.2 Å². The van der Waals surface area contributed by atoms with Crippen LogP contribution >= 0.6 is 0 Å². The normalized spacial score (nSPS) is 13.8. The van der Waals surface area contributed by atoms with E-state index in [0.29, 0.717) is 11.3 Å². The van der Waals surface area contributed by atoms with Crippen LogP contribution in [0.5, 0.6) is 5.75 Å². The molecule has 29 heavy (non-hydrogen) atoms. The topological polar surface area (TPSA) is 57.7 Å². The van der Waals surface area contributed by atoms with Crippen LogP contribution < -0.4 is 19.9 Å². The molecule has 2 heterocycles. The zero-order valence-electron chi connectivity index (χ0n) is 16.4. The smallest absolute Gasteiger partial charge is 0.255 e. The number of ether oxygens (including phenoxy) is 1. The van der Waals surface area contributed by atoms with E-state index < -0.39 is 0 Å². The number of hydrogen-bond acceptors (Lipinski definition) is 5. The number of hydrogen-bond donors (Lipinski definition) is 1. The number of aromatic nitrogens is 1. The Morgan fingerprint density at radius 2 is 1.59 bits per heavy atom. The molecule has 1 aliphatic rings. The summed E-state index contributed by atoms with van der Waals surface area (Å²) in [6.45, 7) is 3.66. The predicted octanol–water partition coefficient (Wildman–Crippen LogP) is 3.67. The Labute approximate surface area is 170 Å². The van der Waals surface area contributed by atoms with E-state index in [9.17, 15) is 4.79 Å². The molecule has 6 nitrogen and oxygen atoms in total. The number of anilines is 3. The Hall–Kier alpha value is -3.54. The SMILES string of the molecule is COc1ccc(N2CCN(c3ccc(NC(=O)c4ccccc4)cn3)CC2)cc1. The number of nitrogens with zero attached hydrogens (tertiary/aromatic N) is 3. The van der Waals surface area contributed by atoms with Gasteiger partial charge in [-0.15, -0.1) is 0 Å². The molecule has 0 unspecified atom stereocenters. The van der Waals surface area contributed by atoms with Gasteiger partial charge in [-0.1, -0.05) is 18.2 Å². The molecule has 1 aromatic heterocycles. The van der Waals surface area contributed by atoms with Gasteiger partial charge < -0.3 is 19.9 Å². The highest BCUT2D eigenvalue weighted by molar-refractivity contribution is 6.04. The summed E-state index contributed by atoms with van der Waals surface area (Å²) in [4.78, 5) is 21.4. The second kappa shape index (κ2) is 8.65. The largest absolute Gasteiger partial charge is 0.497 e. The first-order valence-corrected chi connectivity index (χ1v) is 9.69. The highest BCUT2D eigenvalue weighted by Crippen LogP contribution is 2.22. The van der Waals surface area contributed by atoms with Gasteiger partial charge in [-0.05, 0) is 48.5 Å². The van der Waals surface area contributed by atoms with Crippen molar-refractivity contribution in [2.75, 3.05) is 48.4 Å². The number of rotatable bonds is 5. The first-order valence-electron chi connectivity index (χ1n) is 9.69. The molecule has 4 rings (SSSR count). The van der Waals surface area contributed by atoms with Crippen molar-refractivity contribution in [3.8, 4) is 5.75 Å². The third-order valence-electron chi connectivity index (χ3n) is 5.08. The number of nitrogens with one attached hydrogen (secondary N) is 1. The quantitative estimate of drug-likeness (QED) is 0.723. The van der Waals surface area contributed by atoms with Gasteiger partial charge in [0.05, 0.1) is 19.0 Å². The van der Waals surface area contributed by atoms with Crippen molar-refractivity contribution in [2.24, 2.45) is 0 Å². The van der Waals surface area contributed by atoms with E-state index in [1.165, 1.54) is 5.69 Å². The molecule has 0 saturated carbocycles. The van der Waals surface area contributed by atoms with Crippen LogP contribution in [0.3, 0.4) is 0 Å². The van der Waals surface area contributed by atoms with Gasteiger partial charge in [-0.3, -0.25) is 4.79 Å². The molecule has 0 spiro atoms. The van der Waals surface area contributed by atoms with Crippen LogP contribution in [0.4, 0.5) is 17.2 Å². The average molecular weight is 388 g/mol. The number of benzene rings is 2. The van der Waals surface area contributed by atoms with E-state index >= 15 is 0 Å². The highest BCUT2D eigenvalue weighted by atomic mass is 16.5. The molecule has 1 fully saturated rings. The standard InChI is InChI=1S/C23H24N4O2/c1-29-21-10-8-20(9-11-21)26-13-15-27(16-14-26)22-12-7-19(17-24-22)25-23(28)18-5-3-2-4-6-18/h2-12,17H,13-16H2,1H3,(H,25,28). The van der Waals surface area contributed by atoms with E-state index in [4.69, 9.17) is 4.74 Å². The summed E-state index contributed by atoms with van der Waals surface area (Å²) in [6, 6.07) is 21.2. The predicted molar refractivity (Wildman–Crippen MR) is 116 cm³/mol. The lowest BCUT2D eigenvalue weighted by Crippen LogP contribution is -2.46. The minimum Gasteiger partial charge on any atom is -0.497 e. The number of amides is 1. The highest BCUT2D eigenvalue weighted by Gasteiger charge is 2.18. The van der Waals surface area contributed by atoms with Crippen molar-refractivity contribution >= 4 is 23.1 Å². The van der Waals surface area contributed by atoms with Crippen LogP contribution in [0, 0.1) is 0 Å².